The van der Waals surface area contributed by atoms with Crippen LogP contribution in [0.5, 0.6) is 0 Å². The van der Waals surface area contributed by atoms with Gasteiger partial charge in [0.1, 0.15) is 0 Å². The van der Waals surface area contributed by atoms with Crippen molar-refractivity contribution in [2.24, 2.45) is 11.8 Å². The smallest absolute Gasteiger partial charge is 0.220 e. The summed E-state index contributed by atoms with van der Waals surface area (Å²) in [6, 6.07) is 16.6. The molecule has 1 aliphatic heterocycles. The number of para-hydroxylation sites is 2. The second-order valence-electron chi connectivity index (χ2n) is 8.23. The largest absolute Gasteiger partial charge is 0.352 e. The monoisotopic (exact) mass is 462 g/mol. The van der Waals surface area contributed by atoms with Gasteiger partial charge in [-0.05, 0) is 61.0 Å². The minimum absolute atomic E-state index is 0. The minimum Gasteiger partial charge on any atom is -0.352 e. The van der Waals surface area contributed by atoms with Gasteiger partial charge < -0.3 is 15.2 Å². The first-order valence-corrected chi connectivity index (χ1v) is 10.6. The van der Waals surface area contributed by atoms with Crippen LogP contribution in [-0.2, 0) is 17.9 Å². The zero-order valence-corrected chi connectivity index (χ0v) is 19.6. The van der Waals surface area contributed by atoms with Crippen LogP contribution in [0.15, 0.2) is 54.9 Å². The summed E-state index contributed by atoms with van der Waals surface area (Å²) in [5.41, 5.74) is 4.50. The van der Waals surface area contributed by atoms with Gasteiger partial charge in [-0.3, -0.25) is 4.79 Å². The molecule has 1 fully saturated rings. The van der Waals surface area contributed by atoms with Crippen LogP contribution in [0, 0.1) is 11.8 Å². The van der Waals surface area contributed by atoms with Gasteiger partial charge in [0.25, 0.3) is 0 Å². The lowest BCUT2D eigenvalue weighted by atomic mass is 9.84. The molecule has 0 spiro atoms. The highest BCUT2D eigenvalue weighted by Gasteiger charge is 2.21. The maximum atomic E-state index is 12.4. The number of rotatable bonds is 7. The predicted octanol–water partition coefficient (Wildman–Crippen LogP) is 4.57. The molecule has 2 N–H and O–H groups in total. The van der Waals surface area contributed by atoms with Gasteiger partial charge >= 0.3 is 0 Å². The van der Waals surface area contributed by atoms with E-state index in [4.69, 9.17) is 0 Å². The fourth-order valence-electron chi connectivity index (χ4n) is 4.32. The van der Waals surface area contributed by atoms with Crippen molar-refractivity contribution in [2.75, 3.05) is 13.1 Å². The molecule has 1 aliphatic rings. The van der Waals surface area contributed by atoms with Crippen molar-refractivity contribution in [1.29, 1.82) is 0 Å². The number of benzene rings is 2. The molecule has 0 bridgehead atoms. The van der Waals surface area contributed by atoms with Crippen molar-refractivity contribution in [3.8, 4) is 0 Å². The molecule has 31 heavy (non-hydrogen) atoms. The number of hydrogen-bond donors (Lipinski definition) is 2. The Morgan fingerprint density at radius 1 is 1.13 bits per heavy atom. The van der Waals surface area contributed by atoms with Crippen LogP contribution >= 0.6 is 24.8 Å². The van der Waals surface area contributed by atoms with Crippen LogP contribution < -0.4 is 10.6 Å². The Balaban J connectivity index is 0.00000171. The topological polar surface area (TPSA) is 59.0 Å². The van der Waals surface area contributed by atoms with E-state index in [0.717, 1.165) is 36.2 Å². The summed E-state index contributed by atoms with van der Waals surface area (Å²) < 4.78 is 2.16. The Hall–Kier alpha value is -2.08. The number of carbonyl (C=O) groups excluding carboxylic acids is 1. The number of nitrogens with zero attached hydrogens (tertiary/aromatic N) is 2. The number of fused-ring (bicyclic) bond motifs is 1. The second kappa shape index (κ2) is 12.1. The van der Waals surface area contributed by atoms with Crippen molar-refractivity contribution >= 4 is 41.8 Å². The van der Waals surface area contributed by atoms with Crippen LogP contribution in [0.25, 0.3) is 11.0 Å². The molecule has 168 valence electrons. The van der Waals surface area contributed by atoms with E-state index in [1.165, 1.54) is 18.4 Å². The highest BCUT2D eigenvalue weighted by molar-refractivity contribution is 5.85. The molecule has 1 amide bonds. The second-order valence-corrected chi connectivity index (χ2v) is 8.23. The van der Waals surface area contributed by atoms with E-state index in [-0.39, 0.29) is 30.7 Å². The Morgan fingerprint density at radius 2 is 1.87 bits per heavy atom. The Kier molecular flexibility index (Phi) is 9.82. The summed E-state index contributed by atoms with van der Waals surface area (Å²) in [7, 11) is 0. The summed E-state index contributed by atoms with van der Waals surface area (Å²) in [4.78, 5) is 16.9. The number of hydrogen-bond acceptors (Lipinski definition) is 3. The third kappa shape index (κ3) is 6.70. The van der Waals surface area contributed by atoms with Crippen LogP contribution in [0.1, 0.15) is 37.3 Å². The van der Waals surface area contributed by atoms with Crippen LogP contribution in [0.3, 0.4) is 0 Å². The number of carbonyl (C=O) groups is 1. The van der Waals surface area contributed by atoms with Gasteiger partial charge in [0.15, 0.2) is 0 Å². The molecule has 2 heterocycles. The summed E-state index contributed by atoms with van der Waals surface area (Å²) >= 11 is 0. The van der Waals surface area contributed by atoms with E-state index in [1.54, 1.807) is 0 Å². The van der Waals surface area contributed by atoms with E-state index in [0.29, 0.717) is 24.8 Å². The number of halogens is 2. The molecule has 0 saturated carbocycles. The lowest BCUT2D eigenvalue weighted by molar-refractivity contribution is -0.122. The number of aromatic nitrogens is 2. The Labute approximate surface area is 196 Å². The lowest BCUT2D eigenvalue weighted by Gasteiger charge is -2.27. The van der Waals surface area contributed by atoms with E-state index in [9.17, 15) is 4.79 Å². The maximum Gasteiger partial charge on any atom is 0.220 e. The molecule has 1 atom stereocenters. The van der Waals surface area contributed by atoms with E-state index < -0.39 is 0 Å². The molecule has 7 heteroatoms. The van der Waals surface area contributed by atoms with Crippen LogP contribution in [0.4, 0.5) is 0 Å². The van der Waals surface area contributed by atoms with Gasteiger partial charge in [0.2, 0.25) is 5.91 Å². The third-order valence-corrected chi connectivity index (χ3v) is 6.06. The van der Waals surface area contributed by atoms with E-state index in [2.05, 4.69) is 57.4 Å². The van der Waals surface area contributed by atoms with Crippen LogP contribution in [0.2, 0.25) is 0 Å². The number of imidazole rings is 1. The fourth-order valence-corrected chi connectivity index (χ4v) is 4.32. The molecule has 5 nitrogen and oxygen atoms in total. The van der Waals surface area contributed by atoms with Gasteiger partial charge in [-0.15, -0.1) is 24.8 Å². The van der Waals surface area contributed by atoms with Crippen molar-refractivity contribution in [1.82, 2.24) is 20.2 Å². The summed E-state index contributed by atoms with van der Waals surface area (Å²) in [5.74, 6) is 1.26. The molecule has 0 radical (unpaired) electrons. The van der Waals surface area contributed by atoms with Crippen molar-refractivity contribution in [2.45, 2.75) is 39.3 Å². The van der Waals surface area contributed by atoms with E-state index >= 15 is 0 Å². The van der Waals surface area contributed by atoms with Gasteiger partial charge in [-0.25, -0.2) is 4.98 Å². The molecule has 1 unspecified atom stereocenters. The Morgan fingerprint density at radius 3 is 2.68 bits per heavy atom. The molecule has 1 aromatic heterocycles. The van der Waals surface area contributed by atoms with Gasteiger partial charge in [-0.1, -0.05) is 43.3 Å². The van der Waals surface area contributed by atoms with E-state index in [1.807, 2.05) is 24.5 Å². The predicted molar refractivity (Wildman–Crippen MR) is 131 cm³/mol. The standard InChI is InChI=1S/C24H30N4O.2ClH/c1-18(21-9-11-25-12-10-21)13-24(29)26-15-19-5-4-6-20(14-19)16-28-17-27-22-7-2-3-8-23(22)28;;/h2-8,14,17-18,21,25H,9-13,15-16H2,1H3,(H,26,29);2*1H. The van der Waals surface area contributed by atoms with Crippen molar-refractivity contribution < 1.29 is 4.79 Å². The molecule has 1 saturated heterocycles. The first kappa shape index (κ1) is 25.2. The number of piperidine rings is 1. The average Bonchev–Trinajstić information content (AvgIpc) is 3.16. The molecule has 4 rings (SSSR count). The average molecular weight is 463 g/mol. The molecular weight excluding hydrogens is 431 g/mol. The highest BCUT2D eigenvalue weighted by atomic mass is 35.5. The summed E-state index contributed by atoms with van der Waals surface area (Å²) in [5, 5.41) is 6.50. The van der Waals surface area contributed by atoms with Crippen molar-refractivity contribution in [3.63, 3.8) is 0 Å². The minimum atomic E-state index is 0. The first-order chi connectivity index (χ1) is 14.2. The first-order valence-electron chi connectivity index (χ1n) is 10.6. The molecule has 0 aliphatic carbocycles. The quantitative estimate of drug-likeness (QED) is 0.540. The zero-order chi connectivity index (χ0) is 20.1. The maximum absolute atomic E-state index is 12.4. The van der Waals surface area contributed by atoms with Gasteiger partial charge in [0, 0.05) is 19.5 Å². The third-order valence-electron chi connectivity index (χ3n) is 6.06. The molecule has 2 aromatic carbocycles. The Bertz CT molecular complexity index is 969. The van der Waals surface area contributed by atoms with Gasteiger partial charge in [0.05, 0.1) is 17.4 Å². The normalized spacial score (nSPS) is 15.0. The molecular formula is C24H32Cl2N4O. The SMILES string of the molecule is CC(CC(=O)NCc1cccc(Cn2cnc3ccccc32)c1)C1CCNCC1.Cl.Cl. The zero-order valence-electron chi connectivity index (χ0n) is 17.9. The lowest BCUT2D eigenvalue weighted by Crippen LogP contribution is -2.33. The van der Waals surface area contributed by atoms with Crippen LogP contribution in [-0.4, -0.2) is 28.5 Å². The highest BCUT2D eigenvalue weighted by Crippen LogP contribution is 2.24. The number of nitrogens with one attached hydrogen (secondary N) is 2. The summed E-state index contributed by atoms with van der Waals surface area (Å²) in [6.45, 7) is 5.72. The van der Waals surface area contributed by atoms with Crippen molar-refractivity contribution in [3.05, 3.63) is 66.0 Å². The molecule has 3 aromatic rings. The number of amides is 1. The van der Waals surface area contributed by atoms with Gasteiger partial charge in [-0.2, -0.15) is 0 Å². The fraction of sp³-hybridized carbons (Fsp3) is 0.417. The summed E-state index contributed by atoms with van der Waals surface area (Å²) in [6.07, 6.45) is 4.87.